The first-order valence-corrected chi connectivity index (χ1v) is 7.03. The van der Waals surface area contributed by atoms with Crippen molar-refractivity contribution in [2.75, 3.05) is 0 Å². The van der Waals surface area contributed by atoms with Crippen LogP contribution in [0.1, 0.15) is 25.8 Å². The fraction of sp³-hybridized carbons (Fsp3) is 0.375. The average molecular weight is 288 g/mol. The number of carbonyl (C=O) groups excluding carboxylic acids is 1. The number of H-pyrrole nitrogens is 1. The minimum atomic E-state index is -0.902. The largest absolute Gasteiger partial charge is 0.481 e. The lowest BCUT2D eigenvalue weighted by atomic mass is 10.0. The van der Waals surface area contributed by atoms with Gasteiger partial charge in [0.1, 0.15) is 0 Å². The van der Waals surface area contributed by atoms with Crippen molar-refractivity contribution in [3.63, 3.8) is 0 Å². The second-order valence-electron chi connectivity index (χ2n) is 5.55. The number of rotatable bonds is 6. The summed E-state index contributed by atoms with van der Waals surface area (Å²) in [5, 5.41) is 12.7. The number of hydrogen-bond donors (Lipinski definition) is 3. The van der Waals surface area contributed by atoms with Crippen LogP contribution in [0.5, 0.6) is 0 Å². The van der Waals surface area contributed by atoms with Crippen LogP contribution in [-0.2, 0) is 16.0 Å². The summed E-state index contributed by atoms with van der Waals surface area (Å²) in [5.41, 5.74) is 1.91. The molecule has 0 aliphatic carbocycles. The van der Waals surface area contributed by atoms with Crippen molar-refractivity contribution in [2.45, 2.75) is 32.7 Å². The van der Waals surface area contributed by atoms with Crippen molar-refractivity contribution in [1.29, 1.82) is 0 Å². The summed E-state index contributed by atoms with van der Waals surface area (Å²) in [4.78, 5) is 26.1. The smallest absolute Gasteiger partial charge is 0.305 e. The number of aliphatic carboxylic acids is 1. The Morgan fingerprint density at radius 1 is 1.29 bits per heavy atom. The molecule has 5 nitrogen and oxygen atoms in total. The Kier molecular flexibility index (Phi) is 4.62. The monoisotopic (exact) mass is 288 g/mol. The van der Waals surface area contributed by atoms with Crippen LogP contribution in [0.25, 0.3) is 10.9 Å². The van der Waals surface area contributed by atoms with Gasteiger partial charge in [0.05, 0.1) is 12.8 Å². The van der Waals surface area contributed by atoms with E-state index in [1.54, 1.807) is 0 Å². The number of amides is 1. The minimum absolute atomic E-state index is 0.0582. The molecule has 1 heterocycles. The zero-order valence-electron chi connectivity index (χ0n) is 12.2. The summed E-state index contributed by atoms with van der Waals surface area (Å²) < 4.78 is 0. The van der Waals surface area contributed by atoms with Gasteiger partial charge in [0.25, 0.3) is 0 Å². The highest BCUT2D eigenvalue weighted by Gasteiger charge is 2.20. The van der Waals surface area contributed by atoms with E-state index in [2.05, 4.69) is 10.3 Å². The molecule has 2 rings (SSSR count). The number of para-hydroxylation sites is 1. The topological polar surface area (TPSA) is 82.2 Å². The Hall–Kier alpha value is -2.30. The molecular weight excluding hydrogens is 268 g/mol. The summed E-state index contributed by atoms with van der Waals surface area (Å²) in [7, 11) is 0. The van der Waals surface area contributed by atoms with Crippen LogP contribution < -0.4 is 5.32 Å². The highest BCUT2D eigenvalue weighted by atomic mass is 16.4. The van der Waals surface area contributed by atoms with Crippen molar-refractivity contribution in [2.24, 2.45) is 5.92 Å². The quantitative estimate of drug-likeness (QED) is 0.763. The van der Waals surface area contributed by atoms with Gasteiger partial charge in [0, 0.05) is 23.1 Å². The first kappa shape index (κ1) is 15.1. The Labute approximate surface area is 123 Å². The molecule has 0 fully saturated rings. The summed E-state index contributed by atoms with van der Waals surface area (Å²) in [6.07, 6.45) is 2.01. The Bertz CT molecular complexity index is 646. The molecule has 112 valence electrons. The van der Waals surface area contributed by atoms with Gasteiger partial charge >= 0.3 is 5.97 Å². The molecule has 0 saturated heterocycles. The number of benzene rings is 1. The van der Waals surface area contributed by atoms with Gasteiger partial charge in [0.15, 0.2) is 0 Å². The summed E-state index contributed by atoms with van der Waals surface area (Å²) in [5.74, 6) is -0.978. The molecule has 21 heavy (non-hydrogen) atoms. The molecule has 3 N–H and O–H groups in total. The molecule has 0 aliphatic heterocycles. The van der Waals surface area contributed by atoms with Crippen LogP contribution in [0, 0.1) is 5.92 Å². The third-order valence-electron chi connectivity index (χ3n) is 3.57. The number of nitrogens with one attached hydrogen (secondary N) is 2. The fourth-order valence-electron chi connectivity index (χ4n) is 2.35. The number of carbonyl (C=O) groups is 2. The van der Waals surface area contributed by atoms with E-state index in [-0.39, 0.29) is 30.7 Å². The second-order valence-corrected chi connectivity index (χ2v) is 5.55. The van der Waals surface area contributed by atoms with Gasteiger partial charge in [-0.25, -0.2) is 0 Å². The van der Waals surface area contributed by atoms with E-state index in [1.807, 2.05) is 44.3 Å². The number of carboxylic acid groups (broad SMARTS) is 1. The molecule has 0 bridgehead atoms. The van der Waals surface area contributed by atoms with Crippen molar-refractivity contribution in [3.8, 4) is 0 Å². The van der Waals surface area contributed by atoms with Gasteiger partial charge < -0.3 is 15.4 Å². The maximum absolute atomic E-state index is 12.1. The van der Waals surface area contributed by atoms with Gasteiger partial charge in [-0.05, 0) is 17.5 Å². The molecule has 0 spiro atoms. The number of hydrogen-bond acceptors (Lipinski definition) is 2. The van der Waals surface area contributed by atoms with E-state index >= 15 is 0 Å². The van der Waals surface area contributed by atoms with Crippen LogP contribution in [0.3, 0.4) is 0 Å². The first-order chi connectivity index (χ1) is 9.97. The highest BCUT2D eigenvalue weighted by Crippen LogP contribution is 2.18. The second kappa shape index (κ2) is 6.43. The van der Waals surface area contributed by atoms with Crippen molar-refractivity contribution >= 4 is 22.8 Å². The number of aromatic amines is 1. The van der Waals surface area contributed by atoms with Gasteiger partial charge in [-0.15, -0.1) is 0 Å². The van der Waals surface area contributed by atoms with Crippen LogP contribution in [-0.4, -0.2) is 28.0 Å². The zero-order chi connectivity index (χ0) is 15.4. The summed E-state index contributed by atoms with van der Waals surface area (Å²) in [6.45, 7) is 3.80. The van der Waals surface area contributed by atoms with Crippen LogP contribution in [0.4, 0.5) is 0 Å². The Morgan fingerprint density at radius 3 is 2.67 bits per heavy atom. The third kappa shape index (κ3) is 3.84. The predicted molar refractivity (Wildman–Crippen MR) is 81.0 cm³/mol. The lowest BCUT2D eigenvalue weighted by Gasteiger charge is -2.20. The van der Waals surface area contributed by atoms with E-state index in [4.69, 9.17) is 5.11 Å². The van der Waals surface area contributed by atoms with Gasteiger partial charge in [-0.1, -0.05) is 32.0 Å². The maximum atomic E-state index is 12.1. The lowest BCUT2D eigenvalue weighted by Crippen LogP contribution is -2.40. The normalized spacial score (nSPS) is 12.5. The SMILES string of the molecule is CC(C)C(CC(=O)O)NC(=O)Cc1c[nH]c2ccccc12. The molecule has 0 radical (unpaired) electrons. The molecule has 1 aromatic carbocycles. The van der Waals surface area contributed by atoms with Crippen LogP contribution in [0.15, 0.2) is 30.5 Å². The van der Waals surface area contributed by atoms with Crippen molar-refractivity contribution < 1.29 is 14.7 Å². The number of aromatic nitrogens is 1. The van der Waals surface area contributed by atoms with Crippen molar-refractivity contribution in [1.82, 2.24) is 10.3 Å². The lowest BCUT2D eigenvalue weighted by molar-refractivity contribution is -0.138. The number of carboxylic acids is 1. The number of fused-ring (bicyclic) bond motifs is 1. The molecule has 0 aliphatic rings. The summed E-state index contributed by atoms with van der Waals surface area (Å²) >= 11 is 0. The molecule has 1 amide bonds. The van der Waals surface area contributed by atoms with Gasteiger partial charge in [0.2, 0.25) is 5.91 Å². The molecule has 1 unspecified atom stereocenters. The van der Waals surface area contributed by atoms with E-state index in [0.717, 1.165) is 16.5 Å². The Morgan fingerprint density at radius 2 is 2.00 bits per heavy atom. The maximum Gasteiger partial charge on any atom is 0.305 e. The van der Waals surface area contributed by atoms with Gasteiger partial charge in [-0.3, -0.25) is 9.59 Å². The first-order valence-electron chi connectivity index (χ1n) is 7.03. The third-order valence-corrected chi connectivity index (χ3v) is 3.57. The van der Waals surface area contributed by atoms with Gasteiger partial charge in [-0.2, -0.15) is 0 Å². The highest BCUT2D eigenvalue weighted by molar-refractivity contribution is 5.89. The molecule has 2 aromatic rings. The van der Waals surface area contributed by atoms with E-state index in [9.17, 15) is 9.59 Å². The van der Waals surface area contributed by atoms with E-state index in [0.29, 0.717) is 0 Å². The van der Waals surface area contributed by atoms with E-state index < -0.39 is 5.97 Å². The molecule has 1 atom stereocenters. The molecule has 5 heteroatoms. The summed E-state index contributed by atoms with van der Waals surface area (Å²) in [6, 6.07) is 7.44. The van der Waals surface area contributed by atoms with Crippen LogP contribution >= 0.6 is 0 Å². The van der Waals surface area contributed by atoms with Crippen molar-refractivity contribution in [3.05, 3.63) is 36.0 Å². The average Bonchev–Trinajstić information content (AvgIpc) is 2.81. The fourth-order valence-corrected chi connectivity index (χ4v) is 2.35. The molecule has 0 saturated carbocycles. The molecular formula is C16H20N2O3. The predicted octanol–water partition coefficient (Wildman–Crippen LogP) is 2.33. The molecule has 1 aromatic heterocycles. The zero-order valence-corrected chi connectivity index (χ0v) is 12.2. The Balaban J connectivity index is 2.05. The van der Waals surface area contributed by atoms with E-state index in [1.165, 1.54) is 0 Å². The minimum Gasteiger partial charge on any atom is -0.481 e. The standard InChI is InChI=1S/C16H20N2O3/c1-10(2)14(8-16(20)21)18-15(19)7-11-9-17-13-6-4-3-5-12(11)13/h3-6,9-10,14,17H,7-8H2,1-2H3,(H,18,19)(H,20,21). The van der Waals surface area contributed by atoms with Crippen LogP contribution in [0.2, 0.25) is 0 Å².